The number of halogens is 2. The average molecular weight is 294 g/mol. The van der Waals surface area contributed by atoms with E-state index in [2.05, 4.69) is 5.32 Å². The molecule has 0 fully saturated rings. The molecule has 0 bridgehead atoms. The van der Waals surface area contributed by atoms with Crippen LogP contribution in [0.25, 0.3) is 0 Å². The fourth-order valence-electron chi connectivity index (χ4n) is 1.78. The minimum absolute atomic E-state index is 0.0169. The van der Waals surface area contributed by atoms with Gasteiger partial charge in [0.15, 0.2) is 0 Å². The van der Waals surface area contributed by atoms with E-state index in [-0.39, 0.29) is 16.9 Å². The molecule has 2 rings (SSSR count). The monoisotopic (exact) mass is 293 g/mol. The highest BCUT2D eigenvalue weighted by molar-refractivity contribution is 6.30. The fraction of sp³-hybridized carbons (Fsp3) is 0.0714. The van der Waals surface area contributed by atoms with Gasteiger partial charge in [-0.2, -0.15) is 0 Å². The van der Waals surface area contributed by atoms with Crippen molar-refractivity contribution in [3.63, 3.8) is 0 Å². The molecule has 2 aromatic carbocycles. The first kappa shape index (κ1) is 14.1. The Hall–Kier alpha value is -2.27. The van der Waals surface area contributed by atoms with Crippen molar-refractivity contribution in [2.45, 2.75) is 6.54 Å². The van der Waals surface area contributed by atoms with E-state index in [4.69, 9.17) is 23.1 Å². The van der Waals surface area contributed by atoms with Gasteiger partial charge >= 0.3 is 0 Å². The number of anilines is 2. The number of benzene rings is 2. The molecule has 104 valence electrons. The van der Waals surface area contributed by atoms with E-state index in [9.17, 15) is 9.18 Å². The van der Waals surface area contributed by atoms with E-state index in [1.165, 1.54) is 6.07 Å². The summed E-state index contributed by atoms with van der Waals surface area (Å²) in [4.78, 5) is 11.2. The second kappa shape index (κ2) is 5.79. The predicted octanol–water partition coefficient (Wildman–Crippen LogP) is 2.77. The maximum absolute atomic E-state index is 13.8. The maximum Gasteiger partial charge on any atom is 0.250 e. The molecule has 6 heteroatoms. The highest BCUT2D eigenvalue weighted by atomic mass is 35.5. The number of primary amides is 1. The van der Waals surface area contributed by atoms with E-state index < -0.39 is 11.7 Å². The summed E-state index contributed by atoms with van der Waals surface area (Å²) >= 11 is 5.87. The van der Waals surface area contributed by atoms with Crippen molar-refractivity contribution in [2.75, 3.05) is 11.1 Å². The Labute approximate surface area is 120 Å². The quantitative estimate of drug-likeness (QED) is 0.758. The summed E-state index contributed by atoms with van der Waals surface area (Å²) in [5, 5.41) is 3.48. The van der Waals surface area contributed by atoms with Gasteiger partial charge in [-0.05, 0) is 29.8 Å². The average Bonchev–Trinajstić information content (AvgIpc) is 2.37. The predicted molar refractivity (Wildman–Crippen MR) is 78.1 cm³/mol. The van der Waals surface area contributed by atoms with Crippen molar-refractivity contribution in [2.24, 2.45) is 5.73 Å². The molecule has 4 nitrogen and oxygen atoms in total. The van der Waals surface area contributed by atoms with Gasteiger partial charge in [-0.25, -0.2) is 4.39 Å². The Morgan fingerprint density at radius 1 is 1.30 bits per heavy atom. The molecular formula is C14H13ClFN3O. The number of nitrogens with one attached hydrogen (secondary N) is 1. The van der Waals surface area contributed by atoms with Crippen LogP contribution >= 0.6 is 11.6 Å². The van der Waals surface area contributed by atoms with E-state index in [1.54, 1.807) is 18.2 Å². The number of amides is 1. The molecule has 0 heterocycles. The summed E-state index contributed by atoms with van der Waals surface area (Å²) in [5.74, 6) is -1.25. The first-order valence-corrected chi connectivity index (χ1v) is 6.22. The molecule has 0 aromatic heterocycles. The van der Waals surface area contributed by atoms with Gasteiger partial charge in [0.05, 0.1) is 11.3 Å². The number of rotatable bonds is 4. The van der Waals surface area contributed by atoms with Crippen LogP contribution in [-0.4, -0.2) is 5.91 Å². The van der Waals surface area contributed by atoms with Gasteiger partial charge in [0.1, 0.15) is 5.82 Å². The zero-order valence-corrected chi connectivity index (χ0v) is 11.2. The van der Waals surface area contributed by atoms with Crippen LogP contribution < -0.4 is 16.8 Å². The number of hydrogen-bond donors (Lipinski definition) is 3. The Morgan fingerprint density at radius 2 is 2.05 bits per heavy atom. The van der Waals surface area contributed by atoms with Gasteiger partial charge in [0.2, 0.25) is 0 Å². The molecule has 0 aliphatic rings. The SMILES string of the molecule is NC(=O)c1cc(NCc2cccc(Cl)c2)c(F)cc1N. The second-order valence-electron chi connectivity index (χ2n) is 4.27. The molecule has 0 spiro atoms. The summed E-state index contributed by atoms with van der Waals surface area (Å²) in [6.45, 7) is 0.361. The van der Waals surface area contributed by atoms with Gasteiger partial charge in [0, 0.05) is 17.3 Å². The van der Waals surface area contributed by atoms with E-state index >= 15 is 0 Å². The van der Waals surface area contributed by atoms with Crippen molar-refractivity contribution in [1.82, 2.24) is 0 Å². The molecule has 0 saturated heterocycles. The number of carbonyl (C=O) groups is 1. The standard InChI is InChI=1S/C14H13ClFN3O/c15-9-3-1-2-8(4-9)7-19-13-5-10(14(18)20)12(17)6-11(13)16/h1-6,19H,7,17H2,(H2,18,20). The molecule has 0 aliphatic heterocycles. The van der Waals surface area contributed by atoms with Crippen molar-refractivity contribution in [1.29, 1.82) is 0 Å². The van der Waals surface area contributed by atoms with Crippen LogP contribution in [0.15, 0.2) is 36.4 Å². The molecule has 0 aliphatic carbocycles. The van der Waals surface area contributed by atoms with Crippen LogP contribution in [0, 0.1) is 5.82 Å². The molecule has 5 N–H and O–H groups in total. The highest BCUT2D eigenvalue weighted by Gasteiger charge is 2.11. The van der Waals surface area contributed by atoms with Crippen molar-refractivity contribution in [3.05, 3.63) is 58.4 Å². The maximum atomic E-state index is 13.8. The van der Waals surface area contributed by atoms with Gasteiger partial charge in [-0.15, -0.1) is 0 Å². The molecule has 0 saturated carbocycles. The van der Waals surface area contributed by atoms with Crippen molar-refractivity contribution in [3.8, 4) is 0 Å². The van der Waals surface area contributed by atoms with Crippen LogP contribution in [0.4, 0.5) is 15.8 Å². The highest BCUT2D eigenvalue weighted by Crippen LogP contribution is 2.22. The van der Waals surface area contributed by atoms with Crippen molar-refractivity contribution < 1.29 is 9.18 Å². The molecule has 2 aromatic rings. The van der Waals surface area contributed by atoms with Crippen molar-refractivity contribution >= 4 is 28.9 Å². The van der Waals surface area contributed by atoms with Crippen LogP contribution in [0.2, 0.25) is 5.02 Å². The summed E-state index contributed by atoms with van der Waals surface area (Å²) in [6.07, 6.45) is 0. The van der Waals surface area contributed by atoms with Crippen LogP contribution in [0.1, 0.15) is 15.9 Å². The lowest BCUT2D eigenvalue weighted by molar-refractivity contribution is 0.100. The normalized spacial score (nSPS) is 10.3. The fourth-order valence-corrected chi connectivity index (χ4v) is 1.99. The summed E-state index contributed by atoms with van der Waals surface area (Å²) < 4.78 is 13.8. The number of nitrogens with two attached hydrogens (primary N) is 2. The number of carbonyl (C=O) groups excluding carboxylic acids is 1. The smallest absolute Gasteiger partial charge is 0.250 e. The van der Waals surface area contributed by atoms with Gasteiger partial charge < -0.3 is 16.8 Å². The van der Waals surface area contributed by atoms with Gasteiger partial charge in [0.25, 0.3) is 5.91 Å². The van der Waals surface area contributed by atoms with Gasteiger partial charge in [-0.1, -0.05) is 23.7 Å². The first-order chi connectivity index (χ1) is 9.47. The van der Waals surface area contributed by atoms with Crippen LogP contribution in [-0.2, 0) is 6.54 Å². The summed E-state index contributed by atoms with van der Waals surface area (Å²) in [5.41, 5.74) is 11.9. The third-order valence-corrected chi connectivity index (χ3v) is 3.01. The molecular weight excluding hydrogens is 281 g/mol. The molecule has 1 amide bonds. The van der Waals surface area contributed by atoms with E-state index in [0.717, 1.165) is 11.6 Å². The lowest BCUT2D eigenvalue weighted by Gasteiger charge is -2.11. The molecule has 0 atom stereocenters. The molecule has 0 radical (unpaired) electrons. The topological polar surface area (TPSA) is 81.1 Å². The Balaban J connectivity index is 2.21. The Bertz CT molecular complexity index is 661. The third kappa shape index (κ3) is 3.19. The minimum Gasteiger partial charge on any atom is -0.398 e. The number of hydrogen-bond acceptors (Lipinski definition) is 3. The van der Waals surface area contributed by atoms with Crippen LogP contribution in [0.3, 0.4) is 0 Å². The Morgan fingerprint density at radius 3 is 2.70 bits per heavy atom. The van der Waals surface area contributed by atoms with Gasteiger partial charge in [-0.3, -0.25) is 4.79 Å². The zero-order valence-electron chi connectivity index (χ0n) is 10.5. The lowest BCUT2D eigenvalue weighted by Crippen LogP contribution is -2.15. The minimum atomic E-state index is -0.701. The lowest BCUT2D eigenvalue weighted by atomic mass is 10.1. The van der Waals surface area contributed by atoms with Crippen LogP contribution in [0.5, 0.6) is 0 Å². The largest absolute Gasteiger partial charge is 0.398 e. The summed E-state index contributed by atoms with van der Waals surface area (Å²) in [6, 6.07) is 9.54. The summed E-state index contributed by atoms with van der Waals surface area (Å²) in [7, 11) is 0. The zero-order chi connectivity index (χ0) is 14.7. The molecule has 0 unspecified atom stereocenters. The first-order valence-electron chi connectivity index (χ1n) is 5.84. The van der Waals surface area contributed by atoms with E-state index in [1.807, 2.05) is 6.07 Å². The number of nitrogen functional groups attached to an aromatic ring is 1. The van der Waals surface area contributed by atoms with E-state index in [0.29, 0.717) is 11.6 Å². The second-order valence-corrected chi connectivity index (χ2v) is 4.70. The third-order valence-electron chi connectivity index (χ3n) is 2.78. The molecule has 20 heavy (non-hydrogen) atoms. The Kier molecular flexibility index (Phi) is 4.10.